The highest BCUT2D eigenvalue weighted by atomic mass is 12.6. The molecule has 0 aromatic heterocycles. The first-order valence-corrected chi connectivity index (χ1v) is 2.00. The van der Waals surface area contributed by atoms with E-state index in [1.165, 1.54) is 0 Å². The second kappa shape index (κ2) is 65.0. The van der Waals surface area contributed by atoms with Crippen LogP contribution in [-0.2, 0) is 0 Å². The van der Waals surface area contributed by atoms with Gasteiger partial charge in [0.05, 0.1) is 0 Å². The summed E-state index contributed by atoms with van der Waals surface area (Å²) >= 11 is 0. The molecule has 0 aliphatic rings. The Morgan fingerprint density at radius 1 is 0.167 bits per heavy atom. The van der Waals surface area contributed by atoms with Gasteiger partial charge in [0, 0.05) is 0 Å². The van der Waals surface area contributed by atoms with Crippen LogP contribution >= 0.6 is 0 Å². The highest BCUT2D eigenvalue weighted by Crippen LogP contribution is 0.589. The van der Waals surface area contributed by atoms with Crippen LogP contribution in [-0.4, -0.2) is 0 Å². The van der Waals surface area contributed by atoms with Crippen molar-refractivity contribution < 1.29 is 0 Å². The quantitative estimate of drug-likeness (QED) is 0.466. The van der Waals surface area contributed by atoms with Crippen molar-refractivity contribution in [3.63, 3.8) is 0 Å². The van der Waals surface area contributed by atoms with Gasteiger partial charge in [-0.2, -0.15) is 0 Å². The summed E-state index contributed by atoms with van der Waals surface area (Å²) in [4.78, 5) is 0. The maximum absolute atomic E-state index is 4.00. The van der Waals surface area contributed by atoms with E-state index in [9.17, 15) is 0 Å². The normalized spacial score (nSPS) is 1.00. The van der Waals surface area contributed by atoms with Crippen molar-refractivity contribution in [3.8, 4) is 77.1 Å². The van der Waals surface area contributed by atoms with E-state index >= 15 is 0 Å². The molecule has 0 heterocycles. The van der Waals surface area contributed by atoms with Gasteiger partial charge in [0.2, 0.25) is 0 Å². The lowest BCUT2D eigenvalue weighted by molar-refractivity contribution is 3.31. The fourth-order valence-corrected chi connectivity index (χ4v) is 0. The molecule has 0 aromatic carbocycles. The van der Waals surface area contributed by atoms with E-state index in [1.807, 2.05) is 0 Å². The van der Waals surface area contributed by atoms with Crippen molar-refractivity contribution in [1.29, 1.82) is 0 Å². The Hall–Kier alpha value is -2.64. The monoisotopic (exact) mass is 156 g/mol. The first kappa shape index (κ1) is 57.9. The third kappa shape index (κ3) is 42.7. The van der Waals surface area contributed by atoms with Gasteiger partial charge in [-0.1, -0.05) is 0 Å². The summed E-state index contributed by atoms with van der Waals surface area (Å²) in [6.07, 6.45) is 48.0. The van der Waals surface area contributed by atoms with Crippen LogP contribution in [0, 0.1) is 77.1 Å². The van der Waals surface area contributed by atoms with Gasteiger partial charge < -0.3 is 0 Å². The molecular formula is C12H12. The Bertz CT molecular complexity index is 75.1. The zero-order valence-electron chi connectivity index (χ0n) is 6.93. The fourth-order valence-electron chi connectivity index (χ4n) is 0. The molecule has 0 rings (SSSR count). The molecule has 0 heteroatoms. The molecule has 0 saturated carbocycles. The summed E-state index contributed by atoms with van der Waals surface area (Å²) in [6, 6.07) is 0. The van der Waals surface area contributed by atoms with Gasteiger partial charge >= 0.3 is 0 Å². The third-order valence-corrected chi connectivity index (χ3v) is 0. The fraction of sp³-hybridized carbons (Fsp3) is 0. The van der Waals surface area contributed by atoms with Crippen molar-refractivity contribution >= 4 is 0 Å². The average Bonchev–Trinajstić information content (AvgIpc) is 2.33. The van der Waals surface area contributed by atoms with Crippen molar-refractivity contribution in [2.24, 2.45) is 0 Å². The molecule has 0 fully saturated rings. The number of rotatable bonds is 0. The molecule has 0 aliphatic heterocycles. The Morgan fingerprint density at radius 2 is 0.167 bits per heavy atom. The minimum Gasteiger partial charge on any atom is -0.124 e. The van der Waals surface area contributed by atoms with Gasteiger partial charge in [-0.05, 0) is 0 Å². The van der Waals surface area contributed by atoms with Gasteiger partial charge in [-0.25, -0.2) is 0 Å². The van der Waals surface area contributed by atoms with Gasteiger partial charge in [-0.15, -0.1) is 77.1 Å². The summed E-state index contributed by atoms with van der Waals surface area (Å²) in [6.45, 7) is 0. The van der Waals surface area contributed by atoms with Crippen LogP contribution in [0.15, 0.2) is 0 Å². The Balaban J connectivity index is -0.00000000900. The molecular weight excluding hydrogens is 144 g/mol. The van der Waals surface area contributed by atoms with E-state index in [-0.39, 0.29) is 0 Å². The predicted molar refractivity (Wildman–Crippen MR) is 59.3 cm³/mol. The first-order valence-electron chi connectivity index (χ1n) is 2.00. The van der Waals surface area contributed by atoms with Gasteiger partial charge in [0.1, 0.15) is 0 Å². The Labute approximate surface area is 77.8 Å². The zero-order chi connectivity index (χ0) is 12.0. The summed E-state index contributed by atoms with van der Waals surface area (Å²) in [5.74, 6) is 0. The van der Waals surface area contributed by atoms with E-state index in [4.69, 9.17) is 0 Å². The second-order valence-electron chi connectivity index (χ2n) is 0. The lowest BCUT2D eigenvalue weighted by atomic mass is 11.4. The summed E-state index contributed by atoms with van der Waals surface area (Å²) in [5, 5.41) is 0. The van der Waals surface area contributed by atoms with Crippen molar-refractivity contribution in [3.05, 3.63) is 0 Å². The SMILES string of the molecule is C#C.C#C.C#C.C#C.C#C.C#C. The van der Waals surface area contributed by atoms with Crippen LogP contribution < -0.4 is 0 Å². The minimum atomic E-state index is 4.00. The molecule has 12 heavy (non-hydrogen) atoms. The van der Waals surface area contributed by atoms with Crippen LogP contribution in [0.2, 0.25) is 0 Å². The van der Waals surface area contributed by atoms with Gasteiger partial charge in [0.15, 0.2) is 0 Å². The molecule has 0 unspecified atom stereocenters. The van der Waals surface area contributed by atoms with E-state index in [0.717, 1.165) is 0 Å². The van der Waals surface area contributed by atoms with E-state index < -0.39 is 0 Å². The third-order valence-electron chi connectivity index (χ3n) is 0. The molecule has 60 valence electrons. The van der Waals surface area contributed by atoms with E-state index in [0.29, 0.717) is 0 Å². The molecule has 0 aliphatic carbocycles. The molecule has 0 aromatic rings. The second-order valence-corrected chi connectivity index (χ2v) is 0. The van der Waals surface area contributed by atoms with Crippen LogP contribution in [0.5, 0.6) is 0 Å². The number of hydrogen-bond donors (Lipinski definition) is 0. The van der Waals surface area contributed by atoms with E-state index in [2.05, 4.69) is 77.1 Å². The maximum atomic E-state index is 4.00. The smallest absolute Gasteiger partial charge is 0.124 e. The standard InChI is InChI=1S/6C2H2/c6*1-2/h6*1-2H. The first-order chi connectivity index (χ1) is 6.00. The number of terminal acetylenes is 6. The largest absolute Gasteiger partial charge is 0.124 e. The molecule has 0 N–H and O–H groups in total. The van der Waals surface area contributed by atoms with Crippen LogP contribution in [0.25, 0.3) is 0 Å². The van der Waals surface area contributed by atoms with Crippen molar-refractivity contribution in [2.45, 2.75) is 0 Å². The summed E-state index contributed by atoms with van der Waals surface area (Å²) < 4.78 is 0. The van der Waals surface area contributed by atoms with E-state index in [1.54, 1.807) is 0 Å². The molecule has 0 atom stereocenters. The number of hydrogen-bond acceptors (Lipinski definition) is 0. The molecule has 0 saturated heterocycles. The molecule has 0 radical (unpaired) electrons. The molecule has 0 amide bonds. The zero-order valence-corrected chi connectivity index (χ0v) is 6.93. The van der Waals surface area contributed by atoms with Crippen LogP contribution in [0.1, 0.15) is 0 Å². The van der Waals surface area contributed by atoms with Crippen LogP contribution in [0.3, 0.4) is 0 Å². The summed E-state index contributed by atoms with van der Waals surface area (Å²) in [5.41, 5.74) is 0. The van der Waals surface area contributed by atoms with Crippen LogP contribution in [0.4, 0.5) is 0 Å². The van der Waals surface area contributed by atoms with Crippen molar-refractivity contribution in [1.82, 2.24) is 0 Å². The van der Waals surface area contributed by atoms with Gasteiger partial charge in [0.25, 0.3) is 0 Å². The summed E-state index contributed by atoms with van der Waals surface area (Å²) in [7, 11) is 0. The Kier molecular flexibility index (Phi) is 314. The maximum Gasteiger partial charge on any atom is -0.124 e. The minimum absolute atomic E-state index is 4.00. The Morgan fingerprint density at radius 3 is 0.167 bits per heavy atom. The average molecular weight is 156 g/mol. The molecule has 0 nitrogen and oxygen atoms in total. The lowest BCUT2D eigenvalue weighted by Crippen LogP contribution is -0.576. The topological polar surface area (TPSA) is 0 Å². The molecule has 0 bridgehead atoms. The van der Waals surface area contributed by atoms with Gasteiger partial charge in [-0.3, -0.25) is 0 Å². The lowest BCUT2D eigenvalue weighted by Gasteiger charge is -0.701. The van der Waals surface area contributed by atoms with Crippen molar-refractivity contribution in [2.75, 3.05) is 0 Å². The highest BCUT2D eigenvalue weighted by molar-refractivity contribution is 4.48. The predicted octanol–water partition coefficient (Wildman–Crippen LogP) is 1.50. The highest BCUT2D eigenvalue weighted by Gasteiger charge is 0.464. The molecule has 0 spiro atoms.